The Hall–Kier alpha value is -2.82. The number of hydrogen-bond acceptors (Lipinski definition) is 3. The van der Waals surface area contributed by atoms with Crippen molar-refractivity contribution in [2.45, 2.75) is 0 Å². The van der Waals surface area contributed by atoms with E-state index in [1.165, 1.54) is 24.3 Å². The maximum absolute atomic E-state index is 10.5. The number of carboxylic acids is 2. The first-order valence-corrected chi connectivity index (χ1v) is 5.84. The Morgan fingerprint density at radius 3 is 1.50 bits per heavy atom. The van der Waals surface area contributed by atoms with Crippen LogP contribution in [0, 0.1) is 0 Å². The van der Waals surface area contributed by atoms with Crippen molar-refractivity contribution in [2.75, 3.05) is 12.4 Å². The number of anilines is 1. The van der Waals surface area contributed by atoms with Gasteiger partial charge in [-0.25, -0.2) is 9.59 Å². The molecule has 0 saturated carbocycles. The van der Waals surface area contributed by atoms with E-state index in [0.29, 0.717) is 0 Å². The van der Waals surface area contributed by atoms with E-state index in [1.807, 2.05) is 37.4 Å². The predicted molar refractivity (Wildman–Crippen MR) is 76.3 cm³/mol. The van der Waals surface area contributed by atoms with Gasteiger partial charge in [-0.3, -0.25) is 0 Å². The summed E-state index contributed by atoms with van der Waals surface area (Å²) in [6, 6.07) is 15.5. The average Bonchev–Trinajstić information content (AvgIpc) is 2.48. The summed E-state index contributed by atoms with van der Waals surface area (Å²) in [4.78, 5) is 20.9. The van der Waals surface area contributed by atoms with Gasteiger partial charge in [0.1, 0.15) is 0 Å². The molecule has 2 aromatic carbocycles. The van der Waals surface area contributed by atoms with Gasteiger partial charge in [0.25, 0.3) is 0 Å². The van der Waals surface area contributed by atoms with Gasteiger partial charge in [0.15, 0.2) is 0 Å². The first kappa shape index (κ1) is 15.2. The molecule has 0 amide bonds. The maximum Gasteiger partial charge on any atom is 0.336 e. The molecule has 0 saturated heterocycles. The fourth-order valence-electron chi connectivity index (χ4n) is 1.46. The summed E-state index contributed by atoms with van der Waals surface area (Å²) in [5.41, 5.74) is 0.780. The minimum Gasteiger partial charge on any atom is -0.478 e. The van der Waals surface area contributed by atoms with Gasteiger partial charge in [0.2, 0.25) is 0 Å². The van der Waals surface area contributed by atoms with Crippen LogP contribution in [0.5, 0.6) is 0 Å². The molecule has 2 aromatic rings. The van der Waals surface area contributed by atoms with Crippen molar-refractivity contribution in [2.24, 2.45) is 0 Å². The Morgan fingerprint density at radius 1 is 0.800 bits per heavy atom. The molecule has 0 aliphatic heterocycles. The topological polar surface area (TPSA) is 86.6 Å². The molecule has 0 radical (unpaired) electrons. The van der Waals surface area contributed by atoms with Crippen molar-refractivity contribution in [3.63, 3.8) is 0 Å². The van der Waals surface area contributed by atoms with Crippen LogP contribution >= 0.6 is 0 Å². The molecular weight excluding hydrogens is 258 g/mol. The van der Waals surface area contributed by atoms with Crippen LogP contribution in [0.1, 0.15) is 20.7 Å². The number of rotatable bonds is 3. The minimum atomic E-state index is -1.23. The molecule has 0 bridgehead atoms. The Kier molecular flexibility index (Phi) is 5.77. The molecule has 0 heterocycles. The highest BCUT2D eigenvalue weighted by molar-refractivity contribution is 6.01. The van der Waals surface area contributed by atoms with E-state index in [1.54, 1.807) is 0 Å². The molecule has 5 heteroatoms. The van der Waals surface area contributed by atoms with Crippen LogP contribution in [0.15, 0.2) is 54.6 Å². The SMILES string of the molecule is CNc1ccccc1.O=C(O)c1ccccc1C(=O)O. The van der Waals surface area contributed by atoms with E-state index in [2.05, 4.69) is 5.32 Å². The largest absolute Gasteiger partial charge is 0.478 e. The lowest BCUT2D eigenvalue weighted by atomic mass is 10.1. The maximum atomic E-state index is 10.5. The van der Waals surface area contributed by atoms with Gasteiger partial charge in [-0.1, -0.05) is 30.3 Å². The van der Waals surface area contributed by atoms with E-state index in [4.69, 9.17) is 10.2 Å². The van der Waals surface area contributed by atoms with Crippen molar-refractivity contribution in [3.8, 4) is 0 Å². The molecule has 5 nitrogen and oxygen atoms in total. The summed E-state index contributed by atoms with van der Waals surface area (Å²) in [5.74, 6) is -2.46. The van der Waals surface area contributed by atoms with Crippen LogP contribution in [0.2, 0.25) is 0 Å². The van der Waals surface area contributed by atoms with E-state index in [0.717, 1.165) is 5.69 Å². The summed E-state index contributed by atoms with van der Waals surface area (Å²) in [6.45, 7) is 0. The number of aromatic carboxylic acids is 2. The molecule has 0 aliphatic carbocycles. The van der Waals surface area contributed by atoms with E-state index in [-0.39, 0.29) is 11.1 Å². The fourth-order valence-corrected chi connectivity index (χ4v) is 1.46. The third kappa shape index (κ3) is 4.45. The average molecular weight is 273 g/mol. The van der Waals surface area contributed by atoms with Crippen molar-refractivity contribution in [3.05, 3.63) is 65.7 Å². The summed E-state index contributed by atoms with van der Waals surface area (Å²) in [6.07, 6.45) is 0. The van der Waals surface area contributed by atoms with Gasteiger partial charge in [-0.2, -0.15) is 0 Å². The van der Waals surface area contributed by atoms with Crippen LogP contribution in [0.3, 0.4) is 0 Å². The van der Waals surface area contributed by atoms with Crippen LogP contribution in [-0.4, -0.2) is 29.2 Å². The minimum absolute atomic E-state index is 0.190. The second-order valence-electron chi connectivity index (χ2n) is 3.77. The lowest BCUT2D eigenvalue weighted by Crippen LogP contribution is -2.06. The highest BCUT2D eigenvalue weighted by Crippen LogP contribution is 2.07. The molecule has 0 spiro atoms. The lowest BCUT2D eigenvalue weighted by Gasteiger charge is -1.98. The molecule has 0 atom stereocenters. The first-order valence-electron chi connectivity index (χ1n) is 5.84. The fraction of sp³-hybridized carbons (Fsp3) is 0.0667. The molecule has 0 aromatic heterocycles. The zero-order valence-electron chi connectivity index (χ0n) is 10.9. The summed E-state index contributed by atoms with van der Waals surface area (Å²) in [7, 11) is 1.91. The summed E-state index contributed by atoms with van der Waals surface area (Å²) < 4.78 is 0. The molecule has 20 heavy (non-hydrogen) atoms. The number of carboxylic acid groups (broad SMARTS) is 2. The standard InChI is InChI=1S/C8H6O4.C7H9N/c9-7(10)5-3-1-2-4-6(5)8(11)12;1-8-7-5-3-2-4-6-7/h1-4H,(H,9,10)(H,11,12);2-6,8H,1H3. The second-order valence-corrected chi connectivity index (χ2v) is 3.77. The van der Waals surface area contributed by atoms with Gasteiger partial charge in [-0.05, 0) is 24.3 Å². The van der Waals surface area contributed by atoms with E-state index in [9.17, 15) is 9.59 Å². The third-order valence-electron chi connectivity index (χ3n) is 2.45. The molecule has 2 rings (SSSR count). The molecule has 0 fully saturated rings. The van der Waals surface area contributed by atoms with Crippen molar-refractivity contribution in [1.29, 1.82) is 0 Å². The summed E-state index contributed by atoms with van der Waals surface area (Å²) >= 11 is 0. The Balaban J connectivity index is 0.000000217. The lowest BCUT2D eigenvalue weighted by molar-refractivity contribution is 0.0651. The van der Waals surface area contributed by atoms with Gasteiger partial charge >= 0.3 is 11.9 Å². The zero-order chi connectivity index (χ0) is 15.0. The number of benzene rings is 2. The highest BCUT2D eigenvalue weighted by Gasteiger charge is 2.13. The quantitative estimate of drug-likeness (QED) is 0.800. The third-order valence-corrected chi connectivity index (χ3v) is 2.45. The Labute approximate surface area is 116 Å². The van der Waals surface area contributed by atoms with Gasteiger partial charge in [-0.15, -0.1) is 0 Å². The molecule has 104 valence electrons. The smallest absolute Gasteiger partial charge is 0.336 e. The van der Waals surface area contributed by atoms with Gasteiger partial charge in [0.05, 0.1) is 11.1 Å². The number of hydrogen-bond donors (Lipinski definition) is 3. The normalized spacial score (nSPS) is 9.05. The van der Waals surface area contributed by atoms with Crippen LogP contribution in [0.4, 0.5) is 5.69 Å². The molecule has 0 aliphatic rings. The van der Waals surface area contributed by atoms with Crippen LogP contribution in [-0.2, 0) is 0 Å². The van der Waals surface area contributed by atoms with E-state index < -0.39 is 11.9 Å². The van der Waals surface area contributed by atoms with Gasteiger partial charge in [0, 0.05) is 12.7 Å². The highest BCUT2D eigenvalue weighted by atomic mass is 16.4. The number of carbonyl (C=O) groups is 2. The predicted octanol–water partition coefficient (Wildman–Crippen LogP) is 2.81. The zero-order valence-corrected chi connectivity index (χ0v) is 10.9. The van der Waals surface area contributed by atoms with Gasteiger partial charge < -0.3 is 15.5 Å². The number of nitrogens with one attached hydrogen (secondary N) is 1. The molecule has 3 N–H and O–H groups in total. The van der Waals surface area contributed by atoms with E-state index >= 15 is 0 Å². The van der Waals surface area contributed by atoms with Crippen molar-refractivity contribution < 1.29 is 19.8 Å². The first-order chi connectivity index (χ1) is 9.56. The van der Waals surface area contributed by atoms with Crippen molar-refractivity contribution >= 4 is 17.6 Å². The van der Waals surface area contributed by atoms with Crippen LogP contribution < -0.4 is 5.32 Å². The molecular formula is C15H15NO4. The second kappa shape index (κ2) is 7.58. The Bertz CT molecular complexity index is 548. The number of para-hydroxylation sites is 1. The summed E-state index contributed by atoms with van der Waals surface area (Å²) in [5, 5.41) is 20.1. The monoisotopic (exact) mass is 273 g/mol. The van der Waals surface area contributed by atoms with Crippen molar-refractivity contribution in [1.82, 2.24) is 0 Å². The Morgan fingerprint density at radius 2 is 1.20 bits per heavy atom. The van der Waals surface area contributed by atoms with Crippen LogP contribution in [0.25, 0.3) is 0 Å². The molecule has 0 unspecified atom stereocenters.